The maximum Gasteiger partial charge on any atom is 0.256 e. The highest BCUT2D eigenvalue weighted by Gasteiger charge is 2.25. The van der Waals surface area contributed by atoms with Crippen molar-refractivity contribution in [3.05, 3.63) is 54.4 Å². The summed E-state index contributed by atoms with van der Waals surface area (Å²) < 4.78 is 7.19. The van der Waals surface area contributed by atoms with E-state index >= 15 is 0 Å². The highest BCUT2D eigenvalue weighted by atomic mass is 16.5. The lowest BCUT2D eigenvalue weighted by Gasteiger charge is -2.36. The molecule has 0 aliphatic carbocycles. The summed E-state index contributed by atoms with van der Waals surface area (Å²) in [6, 6.07) is 12.2. The second-order valence-corrected chi connectivity index (χ2v) is 7.66. The number of nitrogens with one attached hydrogen (secondary N) is 1. The molecule has 0 bridgehead atoms. The van der Waals surface area contributed by atoms with Crippen LogP contribution in [0.1, 0.15) is 24.2 Å². The highest BCUT2D eigenvalue weighted by Crippen LogP contribution is 2.20. The molecule has 0 radical (unpaired) electrons. The normalized spacial score (nSPS) is 16.2. The molecule has 1 aliphatic heterocycles. The Bertz CT molecular complexity index is 964. The lowest BCUT2D eigenvalue weighted by Crippen LogP contribution is -2.51. The summed E-state index contributed by atoms with van der Waals surface area (Å²) in [6.07, 6.45) is 3.32. The van der Waals surface area contributed by atoms with E-state index in [1.807, 2.05) is 36.4 Å². The van der Waals surface area contributed by atoms with E-state index in [1.165, 1.54) is 0 Å². The first-order chi connectivity index (χ1) is 14.1. The van der Waals surface area contributed by atoms with Gasteiger partial charge in [0.1, 0.15) is 5.56 Å². The van der Waals surface area contributed by atoms with Crippen molar-refractivity contribution in [2.75, 3.05) is 32.8 Å². The first-order valence-electron chi connectivity index (χ1n) is 10.1. The van der Waals surface area contributed by atoms with Crippen LogP contribution in [-0.2, 0) is 4.74 Å². The van der Waals surface area contributed by atoms with Gasteiger partial charge >= 0.3 is 0 Å². The van der Waals surface area contributed by atoms with Crippen molar-refractivity contribution in [1.29, 1.82) is 0 Å². The number of hydrogen-bond donors (Lipinski definition) is 1. The van der Waals surface area contributed by atoms with Crippen LogP contribution in [0.25, 0.3) is 16.9 Å². The fraction of sp³-hybridized carbons (Fsp3) is 0.409. The zero-order chi connectivity index (χ0) is 20.2. The largest absolute Gasteiger partial charge is 0.379 e. The molecule has 1 fully saturated rings. The number of nitrogens with zero attached hydrogens (tertiary/aromatic N) is 4. The molecule has 29 heavy (non-hydrogen) atoms. The molecule has 1 aliphatic rings. The Balaban J connectivity index is 1.53. The first-order valence-corrected chi connectivity index (χ1v) is 10.1. The number of carbonyl (C=O) groups excluding carboxylic acids is 1. The van der Waals surface area contributed by atoms with Crippen molar-refractivity contribution in [2.24, 2.45) is 5.92 Å². The van der Waals surface area contributed by atoms with Crippen molar-refractivity contribution in [3.8, 4) is 11.3 Å². The van der Waals surface area contributed by atoms with Gasteiger partial charge in [-0.25, -0.2) is 9.50 Å². The molecular weight excluding hydrogens is 366 g/mol. The second kappa shape index (κ2) is 8.71. The summed E-state index contributed by atoms with van der Waals surface area (Å²) in [4.78, 5) is 19.7. The van der Waals surface area contributed by atoms with Crippen molar-refractivity contribution >= 4 is 11.6 Å². The van der Waals surface area contributed by atoms with Gasteiger partial charge in [0.15, 0.2) is 5.65 Å². The van der Waals surface area contributed by atoms with Crippen molar-refractivity contribution in [2.45, 2.75) is 19.9 Å². The van der Waals surface area contributed by atoms with E-state index in [-0.39, 0.29) is 11.9 Å². The molecule has 0 unspecified atom stereocenters. The SMILES string of the molecule is CC(C)[C@H](CNC(=O)c1cnn2c(-c3ccccc3)ccnc12)N1CCOCC1. The van der Waals surface area contributed by atoms with Crippen molar-refractivity contribution < 1.29 is 9.53 Å². The van der Waals surface area contributed by atoms with Gasteiger partial charge in [0.2, 0.25) is 0 Å². The number of aromatic nitrogens is 3. The Morgan fingerprint density at radius 2 is 1.93 bits per heavy atom. The molecule has 4 rings (SSSR count). The molecule has 0 spiro atoms. The van der Waals surface area contributed by atoms with Crippen LogP contribution in [0.2, 0.25) is 0 Å². The van der Waals surface area contributed by atoms with E-state index < -0.39 is 0 Å². The van der Waals surface area contributed by atoms with Crippen LogP contribution in [0.3, 0.4) is 0 Å². The third-order valence-electron chi connectivity index (χ3n) is 5.47. The number of fused-ring (bicyclic) bond motifs is 1. The minimum Gasteiger partial charge on any atom is -0.379 e. The molecule has 7 nitrogen and oxygen atoms in total. The molecule has 1 atom stereocenters. The van der Waals surface area contributed by atoms with Crippen LogP contribution in [0.15, 0.2) is 48.8 Å². The summed E-state index contributed by atoms with van der Waals surface area (Å²) in [7, 11) is 0. The van der Waals surface area contributed by atoms with Gasteiger partial charge in [-0.05, 0) is 12.0 Å². The summed E-state index contributed by atoms with van der Waals surface area (Å²) in [6.45, 7) is 8.26. The molecule has 1 amide bonds. The lowest BCUT2D eigenvalue weighted by molar-refractivity contribution is 0.00673. The van der Waals surface area contributed by atoms with Crippen LogP contribution in [0.4, 0.5) is 0 Å². The predicted molar refractivity (Wildman–Crippen MR) is 112 cm³/mol. The molecule has 3 aromatic rings. The average molecular weight is 393 g/mol. The van der Waals surface area contributed by atoms with Crippen molar-refractivity contribution in [1.82, 2.24) is 24.8 Å². The number of morpholine rings is 1. The molecule has 1 N–H and O–H groups in total. The van der Waals surface area contributed by atoms with Gasteiger partial charge in [-0.1, -0.05) is 44.2 Å². The Kier molecular flexibility index (Phi) is 5.87. The second-order valence-electron chi connectivity index (χ2n) is 7.66. The van der Waals surface area contributed by atoms with Gasteiger partial charge in [-0.15, -0.1) is 0 Å². The van der Waals surface area contributed by atoms with Gasteiger partial charge in [0.25, 0.3) is 5.91 Å². The van der Waals surface area contributed by atoms with Gasteiger partial charge in [-0.3, -0.25) is 9.69 Å². The lowest BCUT2D eigenvalue weighted by atomic mass is 10.0. The number of amides is 1. The molecule has 2 aromatic heterocycles. The number of benzene rings is 1. The molecule has 1 aromatic carbocycles. The Labute approximate surface area is 170 Å². The van der Waals surface area contributed by atoms with Crippen LogP contribution in [0, 0.1) is 5.92 Å². The maximum atomic E-state index is 12.9. The van der Waals surface area contributed by atoms with Crippen LogP contribution < -0.4 is 5.32 Å². The first kappa shape index (κ1) is 19.5. The van der Waals surface area contributed by atoms with Gasteiger partial charge in [-0.2, -0.15) is 5.10 Å². The molecular formula is C22H27N5O2. The molecule has 0 saturated carbocycles. The van der Waals surface area contributed by atoms with Gasteiger partial charge in [0, 0.05) is 37.4 Å². The van der Waals surface area contributed by atoms with Gasteiger partial charge < -0.3 is 10.1 Å². The fourth-order valence-electron chi connectivity index (χ4n) is 3.87. The molecule has 152 valence electrons. The molecule has 1 saturated heterocycles. The van der Waals surface area contributed by atoms with E-state index in [2.05, 4.69) is 34.1 Å². The highest BCUT2D eigenvalue weighted by molar-refractivity contribution is 5.99. The maximum absolute atomic E-state index is 12.9. The third kappa shape index (κ3) is 4.16. The predicted octanol–water partition coefficient (Wildman–Crippen LogP) is 2.48. The van der Waals surface area contributed by atoms with E-state index in [4.69, 9.17) is 4.74 Å². The van der Waals surface area contributed by atoms with Crippen LogP contribution >= 0.6 is 0 Å². The van der Waals surface area contributed by atoms with Crippen molar-refractivity contribution in [3.63, 3.8) is 0 Å². The number of ether oxygens (including phenoxy) is 1. The zero-order valence-corrected chi connectivity index (χ0v) is 16.9. The summed E-state index contributed by atoms with van der Waals surface area (Å²) in [5.41, 5.74) is 2.99. The van der Waals surface area contributed by atoms with E-state index in [9.17, 15) is 4.79 Å². The Hall–Kier alpha value is -2.77. The quantitative estimate of drug-likeness (QED) is 0.697. The summed E-state index contributed by atoms with van der Waals surface area (Å²) in [5, 5.41) is 7.53. The minimum atomic E-state index is -0.142. The third-order valence-corrected chi connectivity index (χ3v) is 5.47. The minimum absolute atomic E-state index is 0.142. The topological polar surface area (TPSA) is 71.8 Å². The van der Waals surface area contributed by atoms with E-state index in [1.54, 1.807) is 16.9 Å². The average Bonchev–Trinajstić information content (AvgIpc) is 3.19. The van der Waals surface area contributed by atoms with Gasteiger partial charge in [0.05, 0.1) is 25.1 Å². The monoisotopic (exact) mass is 393 g/mol. The summed E-state index contributed by atoms with van der Waals surface area (Å²) in [5.74, 6) is 0.289. The summed E-state index contributed by atoms with van der Waals surface area (Å²) >= 11 is 0. The molecule has 3 heterocycles. The standard InChI is InChI=1S/C22H27N5O2/c1-16(2)20(26-10-12-29-13-11-26)15-24-22(28)18-14-25-27-19(8-9-23-21(18)27)17-6-4-3-5-7-17/h3-9,14,16,20H,10-13,15H2,1-2H3,(H,24,28)/t20-/m0/s1. The number of carbonyl (C=O) groups is 1. The van der Waals surface area contributed by atoms with E-state index in [0.29, 0.717) is 23.7 Å². The number of hydrogen-bond acceptors (Lipinski definition) is 5. The Morgan fingerprint density at radius 1 is 1.17 bits per heavy atom. The van der Waals surface area contributed by atoms with E-state index in [0.717, 1.165) is 37.6 Å². The number of rotatable bonds is 6. The Morgan fingerprint density at radius 3 is 2.66 bits per heavy atom. The van der Waals surface area contributed by atoms with Crippen LogP contribution in [-0.4, -0.2) is 64.3 Å². The smallest absolute Gasteiger partial charge is 0.256 e. The van der Waals surface area contributed by atoms with Crippen LogP contribution in [0.5, 0.6) is 0 Å². The molecule has 7 heteroatoms. The zero-order valence-electron chi connectivity index (χ0n) is 16.9. The fourth-order valence-corrected chi connectivity index (χ4v) is 3.87.